The Morgan fingerprint density at radius 2 is 1.35 bits per heavy atom. The second-order valence-corrected chi connectivity index (χ2v) is 8.15. The molecule has 0 unspecified atom stereocenters. The molecule has 4 aromatic rings. The van der Waals surface area contributed by atoms with Crippen molar-refractivity contribution in [2.24, 2.45) is 0 Å². The van der Waals surface area contributed by atoms with E-state index in [1.54, 1.807) is 12.1 Å². The number of nitrogens with zero attached hydrogens (tertiary/aromatic N) is 5. The summed E-state index contributed by atoms with van der Waals surface area (Å²) in [5, 5.41) is 12.9. The van der Waals surface area contributed by atoms with Crippen LogP contribution in [0, 0.1) is 11.3 Å². The summed E-state index contributed by atoms with van der Waals surface area (Å²) in [6, 6.07) is 29.2. The van der Waals surface area contributed by atoms with Crippen LogP contribution in [0.25, 0.3) is 11.0 Å². The van der Waals surface area contributed by atoms with E-state index in [0.717, 1.165) is 18.6 Å². The molecule has 1 amide bonds. The third-order valence-electron chi connectivity index (χ3n) is 5.98. The lowest BCUT2D eigenvalue weighted by atomic mass is 10.0. The number of hydrogen-bond donors (Lipinski definition) is 1. The van der Waals surface area contributed by atoms with Crippen molar-refractivity contribution >= 4 is 34.1 Å². The van der Waals surface area contributed by atoms with Crippen LogP contribution >= 0.6 is 0 Å². The zero-order valence-electron chi connectivity index (χ0n) is 18.6. The molecule has 3 aromatic carbocycles. The van der Waals surface area contributed by atoms with Crippen LogP contribution in [0.2, 0.25) is 0 Å². The van der Waals surface area contributed by atoms with Crippen molar-refractivity contribution in [3.63, 3.8) is 0 Å². The summed E-state index contributed by atoms with van der Waals surface area (Å²) < 4.78 is 0. The maximum absolute atomic E-state index is 13.1. The maximum Gasteiger partial charge on any atom is 0.248 e. The number of carbonyl (C=O) groups is 1. The fourth-order valence-electron chi connectivity index (χ4n) is 4.23. The molecule has 1 saturated heterocycles. The fourth-order valence-corrected chi connectivity index (χ4v) is 4.23. The molecule has 168 valence electrons. The normalized spacial score (nSPS) is 14.4. The van der Waals surface area contributed by atoms with Crippen molar-refractivity contribution in [1.82, 2.24) is 9.97 Å². The number of nitrogens with one attached hydrogen (secondary N) is 1. The number of piperazine rings is 1. The van der Waals surface area contributed by atoms with Crippen LogP contribution in [0.15, 0.2) is 84.9 Å². The van der Waals surface area contributed by atoms with Gasteiger partial charge in [-0.05, 0) is 36.4 Å². The molecule has 1 atom stereocenters. The van der Waals surface area contributed by atoms with E-state index in [1.807, 2.05) is 60.7 Å². The summed E-state index contributed by atoms with van der Waals surface area (Å²) >= 11 is 0. The van der Waals surface area contributed by atoms with Gasteiger partial charge in [0.25, 0.3) is 0 Å². The lowest BCUT2D eigenvalue weighted by Crippen LogP contribution is -2.47. The summed E-state index contributed by atoms with van der Waals surface area (Å²) in [6.45, 7) is 3.05. The van der Waals surface area contributed by atoms with Crippen LogP contribution in [0.3, 0.4) is 0 Å². The number of nitriles is 1. The van der Waals surface area contributed by atoms with E-state index in [0.29, 0.717) is 35.8 Å². The number of hydrogen-bond acceptors (Lipinski definition) is 6. The van der Waals surface area contributed by atoms with Crippen molar-refractivity contribution in [1.29, 1.82) is 5.26 Å². The summed E-state index contributed by atoms with van der Waals surface area (Å²) in [5.74, 6) is -0.900. The Bertz CT molecular complexity index is 1330. The second-order valence-electron chi connectivity index (χ2n) is 8.15. The minimum absolute atomic E-state index is 0.391. The molecular formula is C27H24N6O. The molecule has 1 aromatic heterocycles. The van der Waals surface area contributed by atoms with Crippen molar-refractivity contribution in [3.05, 3.63) is 90.6 Å². The molecule has 1 N–H and O–H groups in total. The van der Waals surface area contributed by atoms with Crippen LogP contribution in [0.1, 0.15) is 11.6 Å². The number of aromatic nitrogens is 2. The summed E-state index contributed by atoms with van der Waals surface area (Å²) in [4.78, 5) is 27.2. The second kappa shape index (κ2) is 9.59. The van der Waals surface area contributed by atoms with E-state index in [2.05, 4.69) is 33.3 Å². The predicted molar refractivity (Wildman–Crippen MR) is 134 cm³/mol. The highest BCUT2D eigenvalue weighted by molar-refractivity contribution is 5.98. The molecule has 5 rings (SSSR count). The smallest absolute Gasteiger partial charge is 0.248 e. The van der Waals surface area contributed by atoms with E-state index >= 15 is 0 Å². The van der Waals surface area contributed by atoms with E-state index in [-0.39, 0.29) is 0 Å². The molecular weight excluding hydrogens is 424 g/mol. The minimum atomic E-state index is -1.08. The van der Waals surface area contributed by atoms with Crippen LogP contribution in [-0.4, -0.2) is 42.1 Å². The highest BCUT2D eigenvalue weighted by Gasteiger charge is 2.30. The van der Waals surface area contributed by atoms with Crippen LogP contribution in [0.5, 0.6) is 0 Å². The molecule has 0 spiro atoms. The van der Waals surface area contributed by atoms with E-state index in [1.165, 1.54) is 5.69 Å². The number of carbonyl (C=O) groups excluding carboxylic acids is 1. The molecule has 34 heavy (non-hydrogen) atoms. The first-order chi connectivity index (χ1) is 16.7. The molecule has 0 radical (unpaired) electrons. The highest BCUT2D eigenvalue weighted by atomic mass is 16.1. The van der Waals surface area contributed by atoms with Crippen molar-refractivity contribution in [3.8, 4) is 6.07 Å². The van der Waals surface area contributed by atoms with Gasteiger partial charge in [-0.3, -0.25) is 4.79 Å². The molecule has 7 nitrogen and oxygen atoms in total. The van der Waals surface area contributed by atoms with Gasteiger partial charge in [0.05, 0.1) is 17.1 Å². The minimum Gasteiger partial charge on any atom is -0.368 e. The summed E-state index contributed by atoms with van der Waals surface area (Å²) in [7, 11) is 0. The molecule has 2 heterocycles. The van der Waals surface area contributed by atoms with Gasteiger partial charge < -0.3 is 15.1 Å². The van der Waals surface area contributed by atoms with E-state index in [4.69, 9.17) is 9.97 Å². The topological polar surface area (TPSA) is 85.1 Å². The molecule has 0 saturated carbocycles. The lowest BCUT2D eigenvalue weighted by Gasteiger charge is -2.37. The third kappa shape index (κ3) is 4.39. The van der Waals surface area contributed by atoms with Gasteiger partial charge in [0.2, 0.25) is 5.91 Å². The Morgan fingerprint density at radius 3 is 2.00 bits per heavy atom. The van der Waals surface area contributed by atoms with Crippen LogP contribution in [-0.2, 0) is 4.79 Å². The van der Waals surface area contributed by atoms with Gasteiger partial charge in [-0.1, -0.05) is 48.5 Å². The average molecular weight is 449 g/mol. The van der Waals surface area contributed by atoms with Gasteiger partial charge >= 0.3 is 0 Å². The molecule has 0 bridgehead atoms. The quantitative estimate of drug-likeness (QED) is 0.493. The zero-order chi connectivity index (χ0) is 23.3. The number of para-hydroxylation sites is 4. The lowest BCUT2D eigenvalue weighted by molar-refractivity contribution is -0.116. The summed E-state index contributed by atoms with van der Waals surface area (Å²) in [5.41, 5.74) is 3.62. The largest absolute Gasteiger partial charge is 0.368 e. The number of benzene rings is 3. The van der Waals surface area contributed by atoms with Crippen molar-refractivity contribution in [2.45, 2.75) is 5.92 Å². The molecule has 0 aliphatic carbocycles. The van der Waals surface area contributed by atoms with Gasteiger partial charge in [0, 0.05) is 37.6 Å². The monoisotopic (exact) mass is 448 g/mol. The van der Waals surface area contributed by atoms with Crippen LogP contribution < -0.4 is 15.1 Å². The molecule has 1 aliphatic rings. The number of amides is 1. The zero-order valence-corrected chi connectivity index (χ0v) is 18.6. The molecule has 7 heteroatoms. The molecule has 1 fully saturated rings. The first-order valence-corrected chi connectivity index (χ1v) is 11.3. The Hall–Kier alpha value is -4.44. The highest BCUT2D eigenvalue weighted by Crippen LogP contribution is 2.29. The first-order valence-electron chi connectivity index (χ1n) is 11.3. The van der Waals surface area contributed by atoms with Gasteiger partial charge in [0.1, 0.15) is 5.69 Å². The van der Waals surface area contributed by atoms with Gasteiger partial charge in [-0.2, -0.15) is 5.26 Å². The van der Waals surface area contributed by atoms with Gasteiger partial charge in [-0.25, -0.2) is 9.97 Å². The predicted octanol–water partition coefficient (Wildman–Crippen LogP) is 4.20. The average Bonchev–Trinajstić information content (AvgIpc) is 2.90. The van der Waals surface area contributed by atoms with E-state index < -0.39 is 11.8 Å². The van der Waals surface area contributed by atoms with Gasteiger partial charge in [0.15, 0.2) is 11.7 Å². The number of fused-ring (bicyclic) bond motifs is 1. The van der Waals surface area contributed by atoms with Crippen molar-refractivity contribution < 1.29 is 4.79 Å². The Kier molecular flexibility index (Phi) is 6.04. The third-order valence-corrected chi connectivity index (χ3v) is 5.98. The molecule has 1 aliphatic heterocycles. The Morgan fingerprint density at radius 1 is 0.794 bits per heavy atom. The van der Waals surface area contributed by atoms with E-state index in [9.17, 15) is 10.1 Å². The number of rotatable bonds is 5. The van der Waals surface area contributed by atoms with Gasteiger partial charge in [-0.15, -0.1) is 0 Å². The standard InChI is InChI=1S/C27H24N6O/c28-19-22(27(34)29-20-9-3-1-4-10-20)25-26(31-24-14-8-7-13-23(24)30-25)33-17-15-32(16-18-33)21-11-5-2-6-12-21/h1-14,22H,15-18H2,(H,29,34)/t22-/m0/s1. The summed E-state index contributed by atoms with van der Waals surface area (Å²) in [6.07, 6.45) is 0. The fraction of sp³-hybridized carbons (Fsp3) is 0.185. The van der Waals surface area contributed by atoms with Crippen molar-refractivity contribution in [2.75, 3.05) is 41.3 Å². The maximum atomic E-state index is 13.1. The first kappa shape index (κ1) is 21.4. The Balaban J connectivity index is 1.46. The number of anilines is 3. The van der Waals surface area contributed by atoms with Crippen LogP contribution in [0.4, 0.5) is 17.2 Å². The Labute approximate surface area is 198 Å². The SMILES string of the molecule is N#C[C@H](C(=O)Nc1ccccc1)c1nc2ccccc2nc1N1CCN(c2ccccc2)CC1.